The Bertz CT molecular complexity index is 989. The van der Waals surface area contributed by atoms with Crippen LogP contribution in [0.1, 0.15) is 37.8 Å². The fraction of sp³-hybridized carbons (Fsp3) is 0.407. The first-order valence-corrected chi connectivity index (χ1v) is 11.7. The van der Waals surface area contributed by atoms with Crippen LogP contribution in [0.15, 0.2) is 66.2 Å². The number of nitrogens with one attached hydrogen (secondary N) is 1. The number of amides is 1. The predicted octanol–water partition coefficient (Wildman–Crippen LogP) is 3.69. The Kier molecular flexibility index (Phi) is 9.10. The van der Waals surface area contributed by atoms with Crippen molar-refractivity contribution in [1.29, 1.82) is 0 Å². The molecule has 0 spiro atoms. The smallest absolute Gasteiger partial charge is 0.252 e. The lowest BCUT2D eigenvalue weighted by atomic mass is 9.89. The SMILES string of the molecule is C=CC[C@@]1(C(=O)NCCc2ccccc2OCC)N=C(c2ccc(OCCCO)cc2)O[C@@H]1C. The van der Waals surface area contributed by atoms with E-state index >= 15 is 0 Å². The lowest BCUT2D eigenvalue weighted by Gasteiger charge is -2.27. The number of rotatable bonds is 13. The number of aliphatic hydroxyl groups is 1. The molecule has 1 heterocycles. The van der Waals surface area contributed by atoms with Gasteiger partial charge in [-0.05, 0) is 56.2 Å². The number of carbonyl (C=O) groups is 1. The van der Waals surface area contributed by atoms with Gasteiger partial charge in [0.15, 0.2) is 5.54 Å². The van der Waals surface area contributed by atoms with Gasteiger partial charge in [-0.15, -0.1) is 6.58 Å². The summed E-state index contributed by atoms with van der Waals surface area (Å²) in [6.45, 7) is 9.23. The average Bonchev–Trinajstić information content (AvgIpc) is 3.18. The highest BCUT2D eigenvalue weighted by Gasteiger charge is 2.49. The molecule has 3 rings (SSSR count). The molecule has 182 valence electrons. The van der Waals surface area contributed by atoms with Crippen LogP contribution >= 0.6 is 0 Å². The number of nitrogens with zero attached hydrogens (tertiary/aromatic N) is 1. The van der Waals surface area contributed by atoms with E-state index in [4.69, 9.17) is 24.3 Å². The Morgan fingerprint density at radius 1 is 1.24 bits per heavy atom. The summed E-state index contributed by atoms with van der Waals surface area (Å²) in [6.07, 6.45) is 2.84. The van der Waals surface area contributed by atoms with E-state index < -0.39 is 11.6 Å². The van der Waals surface area contributed by atoms with E-state index in [-0.39, 0.29) is 12.5 Å². The molecular weight excluding hydrogens is 432 g/mol. The normalized spacial score (nSPS) is 19.1. The van der Waals surface area contributed by atoms with Gasteiger partial charge in [-0.1, -0.05) is 24.3 Å². The molecule has 0 saturated carbocycles. The maximum Gasteiger partial charge on any atom is 0.252 e. The average molecular weight is 467 g/mol. The largest absolute Gasteiger partial charge is 0.494 e. The topological polar surface area (TPSA) is 89.4 Å². The first kappa shape index (κ1) is 25.3. The van der Waals surface area contributed by atoms with Crippen molar-refractivity contribution >= 4 is 11.8 Å². The Morgan fingerprint density at radius 2 is 2.00 bits per heavy atom. The number of hydrogen-bond donors (Lipinski definition) is 2. The first-order chi connectivity index (χ1) is 16.5. The summed E-state index contributed by atoms with van der Waals surface area (Å²) in [5.41, 5.74) is 0.738. The molecule has 7 heteroatoms. The van der Waals surface area contributed by atoms with Crippen molar-refractivity contribution in [3.05, 3.63) is 72.3 Å². The van der Waals surface area contributed by atoms with Crippen LogP contribution in [-0.2, 0) is 16.0 Å². The van der Waals surface area contributed by atoms with Crippen LogP contribution < -0.4 is 14.8 Å². The van der Waals surface area contributed by atoms with Gasteiger partial charge in [0.1, 0.15) is 17.6 Å². The fourth-order valence-electron chi connectivity index (χ4n) is 3.87. The maximum absolute atomic E-state index is 13.3. The summed E-state index contributed by atoms with van der Waals surface area (Å²) >= 11 is 0. The standard InChI is InChI=1S/C27H34N2O5/c1-4-16-27(26(31)28-17-15-21-9-6-7-10-24(21)32-5-2)20(3)34-25(29-27)22-11-13-23(14-12-22)33-19-8-18-30/h4,6-7,9-14,20,30H,1,5,8,15-19H2,2-3H3,(H,28,31)/t20-,27-/m1/s1. The summed E-state index contributed by atoms with van der Waals surface area (Å²) in [6, 6.07) is 15.2. The molecule has 34 heavy (non-hydrogen) atoms. The minimum atomic E-state index is -1.08. The minimum Gasteiger partial charge on any atom is -0.494 e. The number of aliphatic hydroxyl groups excluding tert-OH is 1. The van der Waals surface area contributed by atoms with Crippen molar-refractivity contribution in [2.24, 2.45) is 4.99 Å². The third kappa shape index (κ3) is 5.97. The molecule has 2 N–H and O–H groups in total. The van der Waals surface area contributed by atoms with Crippen LogP contribution in [0.3, 0.4) is 0 Å². The zero-order valence-electron chi connectivity index (χ0n) is 20.0. The molecule has 0 bridgehead atoms. The van der Waals surface area contributed by atoms with Crippen LogP contribution in [-0.4, -0.2) is 54.9 Å². The van der Waals surface area contributed by atoms with Crippen molar-refractivity contribution in [1.82, 2.24) is 5.32 Å². The summed E-state index contributed by atoms with van der Waals surface area (Å²) in [4.78, 5) is 18.1. The first-order valence-electron chi connectivity index (χ1n) is 11.7. The van der Waals surface area contributed by atoms with Crippen molar-refractivity contribution in [2.45, 2.75) is 44.8 Å². The van der Waals surface area contributed by atoms with E-state index in [1.54, 1.807) is 6.08 Å². The molecule has 0 saturated heterocycles. The number of hydrogen-bond acceptors (Lipinski definition) is 6. The number of ether oxygens (including phenoxy) is 3. The third-order valence-corrected chi connectivity index (χ3v) is 5.74. The summed E-state index contributed by atoms with van der Waals surface area (Å²) in [5, 5.41) is 11.9. The molecule has 1 aliphatic rings. The molecule has 2 atom stereocenters. The Balaban J connectivity index is 1.70. The van der Waals surface area contributed by atoms with Gasteiger partial charge in [0.2, 0.25) is 5.90 Å². The second kappa shape index (κ2) is 12.2. The predicted molar refractivity (Wildman–Crippen MR) is 133 cm³/mol. The molecule has 1 aliphatic heterocycles. The van der Waals surface area contributed by atoms with Gasteiger partial charge in [-0.3, -0.25) is 4.79 Å². The van der Waals surface area contributed by atoms with Crippen molar-refractivity contribution < 1.29 is 24.1 Å². The van der Waals surface area contributed by atoms with Crippen molar-refractivity contribution in [3.8, 4) is 11.5 Å². The molecule has 0 fully saturated rings. The highest BCUT2D eigenvalue weighted by molar-refractivity contribution is 6.00. The second-order valence-electron chi connectivity index (χ2n) is 8.09. The van der Waals surface area contributed by atoms with E-state index in [1.165, 1.54) is 0 Å². The number of benzene rings is 2. The van der Waals surface area contributed by atoms with Crippen LogP contribution in [0.2, 0.25) is 0 Å². The third-order valence-electron chi connectivity index (χ3n) is 5.74. The van der Waals surface area contributed by atoms with Gasteiger partial charge in [-0.25, -0.2) is 4.99 Å². The van der Waals surface area contributed by atoms with Crippen LogP contribution in [0.5, 0.6) is 11.5 Å². The Hall–Kier alpha value is -3.32. The minimum absolute atomic E-state index is 0.0904. The molecule has 0 aromatic heterocycles. The van der Waals surface area contributed by atoms with Gasteiger partial charge in [0, 0.05) is 31.6 Å². The molecule has 7 nitrogen and oxygen atoms in total. The summed E-state index contributed by atoms with van der Waals surface area (Å²) in [7, 11) is 0. The maximum atomic E-state index is 13.3. The number of aliphatic imine (C=N–C) groups is 1. The molecule has 0 radical (unpaired) electrons. The van der Waals surface area contributed by atoms with Crippen LogP contribution in [0.4, 0.5) is 0 Å². The molecule has 0 aliphatic carbocycles. The van der Waals surface area contributed by atoms with Gasteiger partial charge in [0.25, 0.3) is 5.91 Å². The van der Waals surface area contributed by atoms with E-state index in [1.807, 2.05) is 62.4 Å². The monoisotopic (exact) mass is 466 g/mol. The highest BCUT2D eigenvalue weighted by Crippen LogP contribution is 2.32. The van der Waals surface area contributed by atoms with Crippen molar-refractivity contribution in [2.75, 3.05) is 26.4 Å². The number of carbonyl (C=O) groups excluding carboxylic acids is 1. The molecule has 2 aromatic rings. The second-order valence-corrected chi connectivity index (χ2v) is 8.09. The van der Waals surface area contributed by atoms with Gasteiger partial charge < -0.3 is 24.6 Å². The Labute approximate surface area is 201 Å². The van der Waals surface area contributed by atoms with Crippen LogP contribution in [0, 0.1) is 0 Å². The van der Waals surface area contributed by atoms with Crippen molar-refractivity contribution in [3.63, 3.8) is 0 Å². The lowest BCUT2D eigenvalue weighted by molar-refractivity contribution is -0.128. The van der Waals surface area contributed by atoms with E-state index in [9.17, 15) is 4.79 Å². The van der Waals surface area contributed by atoms with E-state index in [2.05, 4.69) is 11.9 Å². The summed E-state index contributed by atoms with van der Waals surface area (Å²) in [5.74, 6) is 1.77. The highest BCUT2D eigenvalue weighted by atomic mass is 16.5. The molecule has 2 aromatic carbocycles. The molecule has 1 amide bonds. The van der Waals surface area contributed by atoms with Crippen LogP contribution in [0.25, 0.3) is 0 Å². The quantitative estimate of drug-likeness (QED) is 0.347. The van der Waals surface area contributed by atoms with Gasteiger partial charge in [-0.2, -0.15) is 0 Å². The van der Waals surface area contributed by atoms with Gasteiger partial charge >= 0.3 is 0 Å². The number of para-hydroxylation sites is 1. The molecule has 0 unspecified atom stereocenters. The summed E-state index contributed by atoms with van der Waals surface area (Å²) < 4.78 is 17.3. The van der Waals surface area contributed by atoms with Gasteiger partial charge in [0.05, 0.1) is 13.2 Å². The zero-order valence-corrected chi connectivity index (χ0v) is 20.0. The zero-order chi connectivity index (χ0) is 24.4. The lowest BCUT2D eigenvalue weighted by Crippen LogP contribution is -2.51. The Morgan fingerprint density at radius 3 is 2.71 bits per heavy atom. The fourth-order valence-corrected chi connectivity index (χ4v) is 3.87. The van der Waals surface area contributed by atoms with E-state index in [0.717, 1.165) is 16.9 Å². The molecular formula is C27H34N2O5. The van der Waals surface area contributed by atoms with E-state index in [0.29, 0.717) is 50.7 Å².